The van der Waals surface area contributed by atoms with Gasteiger partial charge >= 0.3 is 0 Å². The Kier molecular flexibility index (Phi) is 3.61. The standard InChI is InChI=1S/C17H20N4O2/c1-13-4-5-16(20-19-13)21-11-17(12-21)14(6-8-23-17)10-22-15-3-2-7-18-9-15/h2-5,7,9,14H,6,8,10-12H2,1H3. The summed E-state index contributed by atoms with van der Waals surface area (Å²) in [5.41, 5.74) is 0.832. The van der Waals surface area contributed by atoms with Gasteiger partial charge in [0.15, 0.2) is 5.82 Å². The van der Waals surface area contributed by atoms with E-state index in [0.29, 0.717) is 12.5 Å². The first-order valence-corrected chi connectivity index (χ1v) is 7.97. The summed E-state index contributed by atoms with van der Waals surface area (Å²) >= 11 is 0. The Morgan fingerprint density at radius 1 is 1.30 bits per heavy atom. The Morgan fingerprint density at radius 2 is 2.22 bits per heavy atom. The minimum Gasteiger partial charge on any atom is -0.492 e. The lowest BCUT2D eigenvalue weighted by atomic mass is 9.81. The van der Waals surface area contributed by atoms with Crippen molar-refractivity contribution in [3.63, 3.8) is 0 Å². The second-order valence-corrected chi connectivity index (χ2v) is 6.29. The Bertz CT molecular complexity index is 656. The number of hydrogen-bond donors (Lipinski definition) is 0. The molecule has 23 heavy (non-hydrogen) atoms. The van der Waals surface area contributed by atoms with Gasteiger partial charge in [-0.1, -0.05) is 0 Å². The van der Waals surface area contributed by atoms with Gasteiger partial charge < -0.3 is 14.4 Å². The molecule has 4 rings (SSSR count). The van der Waals surface area contributed by atoms with Crippen molar-refractivity contribution < 1.29 is 9.47 Å². The van der Waals surface area contributed by atoms with Crippen molar-refractivity contribution in [2.24, 2.45) is 5.92 Å². The van der Waals surface area contributed by atoms with E-state index < -0.39 is 0 Å². The molecule has 1 atom stereocenters. The number of nitrogens with zero attached hydrogens (tertiary/aromatic N) is 4. The van der Waals surface area contributed by atoms with E-state index in [9.17, 15) is 0 Å². The van der Waals surface area contributed by atoms with Crippen molar-refractivity contribution in [2.75, 3.05) is 31.2 Å². The summed E-state index contributed by atoms with van der Waals surface area (Å²) in [5.74, 6) is 2.14. The molecule has 2 aliphatic rings. The third-order valence-corrected chi connectivity index (χ3v) is 4.71. The molecule has 2 aliphatic heterocycles. The lowest BCUT2D eigenvalue weighted by molar-refractivity contribution is -0.0527. The van der Waals surface area contributed by atoms with Crippen LogP contribution in [0.4, 0.5) is 5.82 Å². The number of ether oxygens (including phenoxy) is 2. The number of rotatable bonds is 4. The van der Waals surface area contributed by atoms with Crippen LogP contribution in [-0.2, 0) is 4.74 Å². The van der Waals surface area contributed by atoms with Gasteiger partial charge in [0, 0.05) is 18.7 Å². The molecule has 2 aromatic heterocycles. The molecular formula is C17H20N4O2. The summed E-state index contributed by atoms with van der Waals surface area (Å²) in [6.45, 7) is 5.12. The van der Waals surface area contributed by atoms with Gasteiger partial charge in [-0.25, -0.2) is 0 Å². The van der Waals surface area contributed by atoms with Crippen LogP contribution in [0.1, 0.15) is 12.1 Å². The largest absolute Gasteiger partial charge is 0.492 e. The average molecular weight is 312 g/mol. The minimum atomic E-state index is -0.102. The van der Waals surface area contributed by atoms with Crippen LogP contribution in [0.2, 0.25) is 0 Å². The highest BCUT2D eigenvalue weighted by atomic mass is 16.5. The van der Waals surface area contributed by atoms with Gasteiger partial charge in [0.25, 0.3) is 0 Å². The molecule has 4 heterocycles. The molecule has 2 fully saturated rings. The molecule has 0 saturated carbocycles. The highest BCUT2D eigenvalue weighted by Crippen LogP contribution is 2.41. The van der Waals surface area contributed by atoms with Gasteiger partial charge in [-0.2, -0.15) is 5.10 Å². The molecule has 120 valence electrons. The molecular weight excluding hydrogens is 292 g/mol. The zero-order chi connectivity index (χ0) is 15.7. The molecule has 0 aromatic carbocycles. The topological polar surface area (TPSA) is 60.4 Å². The fourth-order valence-corrected chi connectivity index (χ4v) is 3.32. The van der Waals surface area contributed by atoms with E-state index >= 15 is 0 Å². The predicted molar refractivity (Wildman–Crippen MR) is 85.5 cm³/mol. The quantitative estimate of drug-likeness (QED) is 0.859. The first-order chi connectivity index (χ1) is 11.3. The van der Waals surface area contributed by atoms with Crippen molar-refractivity contribution in [3.8, 4) is 5.75 Å². The average Bonchev–Trinajstić information content (AvgIpc) is 2.97. The number of hydrogen-bond acceptors (Lipinski definition) is 6. The summed E-state index contributed by atoms with van der Waals surface area (Å²) in [6.07, 6.45) is 4.53. The summed E-state index contributed by atoms with van der Waals surface area (Å²) in [4.78, 5) is 6.30. The maximum absolute atomic E-state index is 6.07. The highest BCUT2D eigenvalue weighted by molar-refractivity contribution is 5.43. The van der Waals surface area contributed by atoms with Gasteiger partial charge in [-0.15, -0.1) is 5.10 Å². The van der Waals surface area contributed by atoms with Crippen LogP contribution in [0, 0.1) is 12.8 Å². The third kappa shape index (κ3) is 2.74. The number of aromatic nitrogens is 3. The molecule has 0 radical (unpaired) electrons. The second kappa shape index (κ2) is 5.77. The van der Waals surface area contributed by atoms with Gasteiger partial charge in [0.1, 0.15) is 11.4 Å². The first kappa shape index (κ1) is 14.4. The van der Waals surface area contributed by atoms with E-state index in [0.717, 1.165) is 43.4 Å². The second-order valence-electron chi connectivity index (χ2n) is 6.29. The molecule has 0 aliphatic carbocycles. The minimum absolute atomic E-state index is 0.102. The Morgan fingerprint density at radius 3 is 2.96 bits per heavy atom. The third-order valence-electron chi connectivity index (χ3n) is 4.71. The molecule has 1 unspecified atom stereocenters. The summed E-state index contributed by atoms with van der Waals surface area (Å²) in [7, 11) is 0. The molecule has 0 amide bonds. The fraction of sp³-hybridized carbons (Fsp3) is 0.471. The molecule has 0 N–H and O–H groups in total. The zero-order valence-electron chi connectivity index (χ0n) is 13.2. The van der Waals surface area contributed by atoms with Crippen LogP contribution < -0.4 is 9.64 Å². The van der Waals surface area contributed by atoms with Gasteiger partial charge in [0.2, 0.25) is 0 Å². The number of aryl methyl sites for hydroxylation is 1. The van der Waals surface area contributed by atoms with E-state index in [4.69, 9.17) is 9.47 Å². The van der Waals surface area contributed by atoms with Gasteiger partial charge in [0.05, 0.1) is 31.6 Å². The van der Waals surface area contributed by atoms with Crippen molar-refractivity contribution in [1.29, 1.82) is 0 Å². The van der Waals surface area contributed by atoms with E-state index in [2.05, 4.69) is 20.1 Å². The maximum Gasteiger partial charge on any atom is 0.151 e. The highest BCUT2D eigenvalue weighted by Gasteiger charge is 2.53. The van der Waals surface area contributed by atoms with Crippen molar-refractivity contribution in [3.05, 3.63) is 42.4 Å². The molecule has 2 saturated heterocycles. The Balaban J connectivity index is 1.38. The molecule has 2 aromatic rings. The normalized spacial score (nSPS) is 22.1. The molecule has 6 nitrogen and oxygen atoms in total. The molecule has 1 spiro atoms. The summed E-state index contributed by atoms with van der Waals surface area (Å²) in [5, 5.41) is 8.38. The van der Waals surface area contributed by atoms with Crippen LogP contribution in [0.15, 0.2) is 36.7 Å². The number of pyridine rings is 1. The Labute approximate surface area is 135 Å². The van der Waals surface area contributed by atoms with Crippen LogP contribution in [0.3, 0.4) is 0 Å². The zero-order valence-corrected chi connectivity index (χ0v) is 13.2. The monoisotopic (exact) mass is 312 g/mol. The Hall–Kier alpha value is -2.21. The lowest BCUT2D eigenvalue weighted by Gasteiger charge is -2.50. The first-order valence-electron chi connectivity index (χ1n) is 7.97. The molecule has 0 bridgehead atoms. The molecule has 6 heteroatoms. The van der Waals surface area contributed by atoms with Crippen LogP contribution in [-0.4, -0.2) is 47.1 Å². The van der Waals surface area contributed by atoms with Crippen molar-refractivity contribution in [1.82, 2.24) is 15.2 Å². The predicted octanol–water partition coefficient (Wildman–Crippen LogP) is 1.85. The maximum atomic E-state index is 6.07. The van der Waals surface area contributed by atoms with E-state index in [-0.39, 0.29) is 5.60 Å². The van der Waals surface area contributed by atoms with Crippen LogP contribution >= 0.6 is 0 Å². The summed E-state index contributed by atoms with van der Waals surface area (Å²) < 4.78 is 12.0. The van der Waals surface area contributed by atoms with E-state index in [1.165, 1.54) is 0 Å². The fourth-order valence-electron chi connectivity index (χ4n) is 3.32. The van der Waals surface area contributed by atoms with E-state index in [1.54, 1.807) is 12.4 Å². The SMILES string of the molecule is Cc1ccc(N2CC3(C2)OCCC3COc2cccnc2)nn1. The summed E-state index contributed by atoms with van der Waals surface area (Å²) in [6, 6.07) is 7.83. The van der Waals surface area contributed by atoms with Crippen molar-refractivity contribution >= 4 is 5.82 Å². The number of anilines is 1. The van der Waals surface area contributed by atoms with Crippen LogP contribution in [0.5, 0.6) is 5.75 Å². The lowest BCUT2D eigenvalue weighted by Crippen LogP contribution is -2.66. The van der Waals surface area contributed by atoms with Gasteiger partial charge in [-0.3, -0.25) is 4.98 Å². The van der Waals surface area contributed by atoms with Gasteiger partial charge in [-0.05, 0) is 37.6 Å². The smallest absolute Gasteiger partial charge is 0.151 e. The van der Waals surface area contributed by atoms with Crippen molar-refractivity contribution in [2.45, 2.75) is 18.9 Å². The van der Waals surface area contributed by atoms with Crippen LogP contribution in [0.25, 0.3) is 0 Å². The van der Waals surface area contributed by atoms with E-state index in [1.807, 2.05) is 31.2 Å².